The van der Waals surface area contributed by atoms with Crippen molar-refractivity contribution in [3.63, 3.8) is 0 Å². The molecule has 6 heteroatoms. The number of nitrogens with one attached hydrogen (secondary N) is 2. The topological polar surface area (TPSA) is 108 Å². The standard InChI is InChI=1S/C19H29N3O3/c1-18(2)14(11-23)9-10-19(18,3)15(16(20)21)22-17(24)25-12-13-7-5-4-6-8-13/h4-8,14-15,23H,9-12H2,1-3H3,(H3,20,21)(H,22,24)/t14-,15?,19+/m1/s1. The Morgan fingerprint density at radius 3 is 2.56 bits per heavy atom. The van der Waals surface area contributed by atoms with Crippen LogP contribution in [0.3, 0.4) is 0 Å². The highest BCUT2D eigenvalue weighted by Crippen LogP contribution is 2.57. The molecule has 25 heavy (non-hydrogen) atoms. The predicted molar refractivity (Wildman–Crippen MR) is 97.2 cm³/mol. The van der Waals surface area contributed by atoms with E-state index in [0.29, 0.717) is 0 Å². The summed E-state index contributed by atoms with van der Waals surface area (Å²) in [6.07, 6.45) is 1.02. The van der Waals surface area contributed by atoms with E-state index in [1.807, 2.05) is 37.3 Å². The lowest BCUT2D eigenvalue weighted by molar-refractivity contribution is 0.0397. The van der Waals surface area contributed by atoms with Crippen molar-refractivity contribution in [1.82, 2.24) is 5.32 Å². The molecule has 1 unspecified atom stereocenters. The number of ether oxygens (including phenoxy) is 1. The summed E-state index contributed by atoms with van der Waals surface area (Å²) < 4.78 is 5.28. The van der Waals surface area contributed by atoms with Crippen molar-refractivity contribution in [1.29, 1.82) is 5.41 Å². The molecule has 0 saturated heterocycles. The van der Waals surface area contributed by atoms with E-state index in [4.69, 9.17) is 15.9 Å². The van der Waals surface area contributed by atoms with Gasteiger partial charge in [-0.15, -0.1) is 0 Å². The minimum Gasteiger partial charge on any atom is -0.445 e. The molecule has 1 aromatic carbocycles. The molecule has 5 N–H and O–H groups in total. The number of carbonyl (C=O) groups is 1. The van der Waals surface area contributed by atoms with Crippen molar-refractivity contribution < 1.29 is 14.6 Å². The molecule has 1 aliphatic carbocycles. The number of aliphatic hydroxyl groups is 1. The first-order valence-electron chi connectivity index (χ1n) is 8.64. The third-order valence-corrected chi connectivity index (χ3v) is 6.15. The van der Waals surface area contributed by atoms with Gasteiger partial charge in [0.25, 0.3) is 0 Å². The zero-order chi connectivity index (χ0) is 18.7. The van der Waals surface area contributed by atoms with Gasteiger partial charge < -0.3 is 20.9 Å². The van der Waals surface area contributed by atoms with Crippen molar-refractivity contribution in [2.24, 2.45) is 22.5 Å². The second kappa shape index (κ2) is 7.44. The minimum atomic E-state index is -0.637. The Balaban J connectivity index is 2.08. The van der Waals surface area contributed by atoms with Crippen LogP contribution in [0.5, 0.6) is 0 Å². The van der Waals surface area contributed by atoms with Gasteiger partial charge in [-0.2, -0.15) is 0 Å². The Morgan fingerprint density at radius 2 is 2.04 bits per heavy atom. The van der Waals surface area contributed by atoms with Crippen LogP contribution in [-0.4, -0.2) is 29.7 Å². The number of carbonyl (C=O) groups excluding carboxylic acids is 1. The van der Waals surface area contributed by atoms with E-state index in [1.54, 1.807) is 0 Å². The lowest BCUT2D eigenvalue weighted by Crippen LogP contribution is -2.58. The zero-order valence-electron chi connectivity index (χ0n) is 15.2. The molecular weight excluding hydrogens is 318 g/mol. The monoisotopic (exact) mass is 347 g/mol. The van der Waals surface area contributed by atoms with Crippen LogP contribution >= 0.6 is 0 Å². The fraction of sp³-hybridized carbons (Fsp3) is 0.579. The van der Waals surface area contributed by atoms with Crippen LogP contribution in [0, 0.1) is 22.2 Å². The third-order valence-electron chi connectivity index (χ3n) is 6.15. The highest BCUT2D eigenvalue weighted by molar-refractivity contribution is 5.87. The molecule has 0 spiro atoms. The average molecular weight is 347 g/mol. The summed E-state index contributed by atoms with van der Waals surface area (Å²) in [5.41, 5.74) is 6.00. The van der Waals surface area contributed by atoms with E-state index in [0.717, 1.165) is 18.4 Å². The van der Waals surface area contributed by atoms with Crippen LogP contribution in [-0.2, 0) is 11.3 Å². The van der Waals surface area contributed by atoms with Gasteiger partial charge in [-0.1, -0.05) is 51.1 Å². The molecular formula is C19H29N3O3. The molecule has 1 fully saturated rings. The lowest BCUT2D eigenvalue weighted by atomic mass is 9.62. The first kappa shape index (κ1) is 19.2. The number of rotatable bonds is 6. The van der Waals surface area contributed by atoms with Gasteiger partial charge >= 0.3 is 6.09 Å². The van der Waals surface area contributed by atoms with E-state index in [2.05, 4.69) is 19.2 Å². The largest absolute Gasteiger partial charge is 0.445 e. The summed E-state index contributed by atoms with van der Waals surface area (Å²) in [5, 5.41) is 20.4. The number of hydrogen-bond acceptors (Lipinski definition) is 4. The number of amidine groups is 1. The summed E-state index contributed by atoms with van der Waals surface area (Å²) >= 11 is 0. The van der Waals surface area contributed by atoms with Gasteiger partial charge in [0.05, 0.1) is 6.04 Å². The maximum Gasteiger partial charge on any atom is 0.408 e. The molecule has 138 valence electrons. The van der Waals surface area contributed by atoms with E-state index in [9.17, 15) is 9.90 Å². The molecule has 1 aromatic rings. The molecule has 0 bridgehead atoms. The number of alkyl carbamates (subject to hydrolysis) is 1. The normalized spacial score (nSPS) is 26.0. The van der Waals surface area contributed by atoms with E-state index < -0.39 is 17.6 Å². The average Bonchev–Trinajstić information content (AvgIpc) is 2.81. The number of nitrogens with two attached hydrogens (primary N) is 1. The van der Waals surface area contributed by atoms with Crippen molar-refractivity contribution in [2.75, 3.05) is 6.61 Å². The maximum atomic E-state index is 12.3. The summed E-state index contributed by atoms with van der Waals surface area (Å²) in [6.45, 7) is 6.40. The molecule has 2 rings (SSSR count). The molecule has 6 nitrogen and oxygen atoms in total. The van der Waals surface area contributed by atoms with Crippen LogP contribution in [0.4, 0.5) is 4.79 Å². The molecule has 0 radical (unpaired) electrons. The van der Waals surface area contributed by atoms with Crippen molar-refractivity contribution in [2.45, 2.75) is 46.3 Å². The molecule has 3 atom stereocenters. The van der Waals surface area contributed by atoms with Gasteiger partial charge in [0.1, 0.15) is 12.4 Å². The minimum absolute atomic E-state index is 0.0890. The van der Waals surface area contributed by atoms with Crippen LogP contribution in [0.25, 0.3) is 0 Å². The van der Waals surface area contributed by atoms with Gasteiger partial charge in [-0.3, -0.25) is 5.41 Å². The second-order valence-corrected chi connectivity index (χ2v) is 7.65. The SMILES string of the molecule is CC1(C)[C@@H](CO)CC[C@@]1(C)C(NC(=O)OCc1ccccc1)C(=N)N. The highest BCUT2D eigenvalue weighted by atomic mass is 16.5. The maximum absolute atomic E-state index is 12.3. The van der Waals surface area contributed by atoms with Gasteiger partial charge in [-0.25, -0.2) is 4.79 Å². The van der Waals surface area contributed by atoms with Crippen LogP contribution < -0.4 is 11.1 Å². The van der Waals surface area contributed by atoms with E-state index >= 15 is 0 Å². The number of benzene rings is 1. The number of amides is 1. The highest BCUT2D eigenvalue weighted by Gasteiger charge is 2.56. The Labute approximate surface area is 149 Å². The summed E-state index contributed by atoms with van der Waals surface area (Å²) in [6, 6.07) is 8.78. The second-order valence-electron chi connectivity index (χ2n) is 7.65. The lowest BCUT2D eigenvalue weighted by Gasteiger charge is -2.46. The van der Waals surface area contributed by atoms with E-state index in [1.165, 1.54) is 0 Å². The quantitative estimate of drug-likeness (QED) is 0.468. The summed E-state index contributed by atoms with van der Waals surface area (Å²) in [7, 11) is 0. The van der Waals surface area contributed by atoms with E-state index in [-0.39, 0.29) is 30.4 Å². The van der Waals surface area contributed by atoms with Crippen LogP contribution in [0.2, 0.25) is 0 Å². The van der Waals surface area contributed by atoms with Crippen molar-refractivity contribution in [3.8, 4) is 0 Å². The van der Waals surface area contributed by atoms with Crippen LogP contribution in [0.1, 0.15) is 39.2 Å². The predicted octanol–water partition coefficient (Wildman–Crippen LogP) is 2.65. The zero-order valence-corrected chi connectivity index (χ0v) is 15.2. The smallest absolute Gasteiger partial charge is 0.408 e. The van der Waals surface area contributed by atoms with Crippen molar-refractivity contribution >= 4 is 11.9 Å². The molecule has 1 amide bonds. The number of aliphatic hydroxyl groups excluding tert-OH is 1. The Kier molecular flexibility index (Phi) is 5.72. The Hall–Kier alpha value is -2.08. The van der Waals surface area contributed by atoms with Crippen molar-refractivity contribution in [3.05, 3.63) is 35.9 Å². The third kappa shape index (κ3) is 3.79. The van der Waals surface area contributed by atoms with Crippen LogP contribution in [0.15, 0.2) is 30.3 Å². The Morgan fingerprint density at radius 1 is 1.40 bits per heavy atom. The molecule has 0 aromatic heterocycles. The fourth-order valence-electron chi connectivity index (χ4n) is 3.92. The van der Waals surface area contributed by atoms with Gasteiger partial charge in [0.2, 0.25) is 0 Å². The fourth-order valence-corrected chi connectivity index (χ4v) is 3.92. The molecule has 1 saturated carbocycles. The summed E-state index contributed by atoms with van der Waals surface area (Å²) in [4.78, 5) is 12.3. The molecule has 1 aliphatic rings. The Bertz CT molecular complexity index is 618. The number of hydrogen-bond donors (Lipinski definition) is 4. The van der Waals surface area contributed by atoms with Gasteiger partial charge in [0.15, 0.2) is 0 Å². The first-order chi connectivity index (χ1) is 11.7. The van der Waals surface area contributed by atoms with Gasteiger partial charge in [-0.05, 0) is 29.7 Å². The molecule has 0 heterocycles. The first-order valence-corrected chi connectivity index (χ1v) is 8.64. The molecule has 0 aliphatic heterocycles. The van der Waals surface area contributed by atoms with Gasteiger partial charge in [0, 0.05) is 12.0 Å². The summed E-state index contributed by atoms with van der Waals surface area (Å²) in [5.74, 6) is 0.0207.